The molecule has 0 radical (unpaired) electrons. The molecule has 0 aliphatic rings. The zero-order valence-electron chi connectivity index (χ0n) is 10.6. The molecule has 2 amide bonds. The van der Waals surface area contributed by atoms with Crippen molar-refractivity contribution in [1.29, 1.82) is 0 Å². The maximum absolute atomic E-state index is 11.7. The fourth-order valence-electron chi connectivity index (χ4n) is 1.46. The molecule has 5 N–H and O–H groups in total. The Labute approximate surface area is 107 Å². The van der Waals surface area contributed by atoms with Crippen molar-refractivity contribution in [1.82, 2.24) is 5.32 Å². The fraction of sp³-hybridized carbons (Fsp3) is 0.385. The monoisotopic (exact) mass is 249 g/mol. The van der Waals surface area contributed by atoms with Gasteiger partial charge in [0.15, 0.2) is 0 Å². The van der Waals surface area contributed by atoms with Crippen LogP contribution in [0, 0.1) is 6.92 Å². The third kappa shape index (κ3) is 4.18. The molecule has 1 rings (SSSR count). The number of rotatable bonds is 5. The summed E-state index contributed by atoms with van der Waals surface area (Å²) in [7, 11) is 0. The van der Waals surface area contributed by atoms with Crippen LogP contribution >= 0.6 is 0 Å². The number of hydrogen-bond acceptors (Lipinski definition) is 3. The van der Waals surface area contributed by atoms with Gasteiger partial charge in [0.05, 0.1) is 6.04 Å². The predicted molar refractivity (Wildman–Crippen MR) is 69.7 cm³/mol. The second-order valence-corrected chi connectivity index (χ2v) is 4.43. The number of primary amides is 1. The van der Waals surface area contributed by atoms with Crippen molar-refractivity contribution in [3.63, 3.8) is 0 Å². The Kier molecular flexibility index (Phi) is 4.85. The summed E-state index contributed by atoms with van der Waals surface area (Å²) < 4.78 is 0. The smallest absolute Gasteiger partial charge is 0.239 e. The van der Waals surface area contributed by atoms with Crippen LogP contribution in [0.25, 0.3) is 0 Å². The molecule has 0 fully saturated rings. The first-order valence-electron chi connectivity index (χ1n) is 5.81. The highest BCUT2D eigenvalue weighted by Crippen LogP contribution is 2.05. The number of carbonyl (C=O) groups excluding carboxylic acids is 2. The highest BCUT2D eigenvalue weighted by atomic mass is 16.2. The van der Waals surface area contributed by atoms with Crippen molar-refractivity contribution in [3.05, 3.63) is 35.4 Å². The first-order valence-corrected chi connectivity index (χ1v) is 5.81. The molecule has 0 aliphatic heterocycles. The minimum atomic E-state index is -0.707. The van der Waals surface area contributed by atoms with Crippen LogP contribution in [0.1, 0.15) is 18.1 Å². The van der Waals surface area contributed by atoms with Crippen molar-refractivity contribution in [3.8, 4) is 0 Å². The van der Waals surface area contributed by atoms with Crippen molar-refractivity contribution in [2.45, 2.75) is 32.4 Å². The van der Waals surface area contributed by atoms with Gasteiger partial charge < -0.3 is 16.8 Å². The highest BCUT2D eigenvalue weighted by molar-refractivity contribution is 5.88. The summed E-state index contributed by atoms with van der Waals surface area (Å²) in [4.78, 5) is 22.5. The number of aryl methyl sites for hydroxylation is 1. The van der Waals surface area contributed by atoms with Crippen LogP contribution in [0.15, 0.2) is 24.3 Å². The van der Waals surface area contributed by atoms with E-state index < -0.39 is 18.0 Å². The summed E-state index contributed by atoms with van der Waals surface area (Å²) in [6, 6.07) is 6.40. The lowest BCUT2D eigenvalue weighted by atomic mass is 10.0. The number of benzene rings is 1. The van der Waals surface area contributed by atoms with E-state index in [1.54, 1.807) is 0 Å². The Morgan fingerprint density at radius 1 is 1.28 bits per heavy atom. The SMILES string of the molecule is Cc1ccc(C[C@@H](N)C(=O)N[C@@H](C)C(N)=O)cc1. The zero-order valence-corrected chi connectivity index (χ0v) is 10.6. The van der Waals surface area contributed by atoms with Crippen molar-refractivity contribution >= 4 is 11.8 Å². The average molecular weight is 249 g/mol. The van der Waals surface area contributed by atoms with Crippen LogP contribution in [0.2, 0.25) is 0 Å². The molecule has 98 valence electrons. The van der Waals surface area contributed by atoms with Crippen molar-refractivity contribution in [2.75, 3.05) is 0 Å². The molecule has 1 aromatic carbocycles. The van der Waals surface area contributed by atoms with E-state index in [2.05, 4.69) is 5.32 Å². The molecular weight excluding hydrogens is 230 g/mol. The lowest BCUT2D eigenvalue weighted by molar-refractivity contribution is -0.127. The molecule has 0 heterocycles. The largest absolute Gasteiger partial charge is 0.368 e. The third-order valence-electron chi connectivity index (χ3n) is 2.70. The van der Waals surface area contributed by atoms with E-state index in [4.69, 9.17) is 11.5 Å². The van der Waals surface area contributed by atoms with E-state index in [1.165, 1.54) is 6.92 Å². The third-order valence-corrected chi connectivity index (χ3v) is 2.70. The summed E-state index contributed by atoms with van der Waals surface area (Å²) in [5.74, 6) is -0.951. The number of nitrogens with one attached hydrogen (secondary N) is 1. The molecule has 0 aromatic heterocycles. The molecule has 0 bridgehead atoms. The number of amides is 2. The van der Waals surface area contributed by atoms with E-state index in [0.29, 0.717) is 6.42 Å². The molecular formula is C13H19N3O2. The second kappa shape index (κ2) is 6.16. The molecule has 5 nitrogen and oxygen atoms in total. The van der Waals surface area contributed by atoms with Gasteiger partial charge in [-0.2, -0.15) is 0 Å². The normalized spacial score (nSPS) is 13.7. The summed E-state index contributed by atoms with van der Waals surface area (Å²) in [5, 5.41) is 2.47. The van der Waals surface area contributed by atoms with E-state index in [-0.39, 0.29) is 5.91 Å². The predicted octanol–water partition coefficient (Wildman–Crippen LogP) is -0.145. The molecule has 0 spiro atoms. The number of nitrogens with two attached hydrogens (primary N) is 2. The van der Waals surface area contributed by atoms with Gasteiger partial charge in [-0.3, -0.25) is 9.59 Å². The topological polar surface area (TPSA) is 98.2 Å². The van der Waals surface area contributed by atoms with Crippen LogP contribution in [0.3, 0.4) is 0 Å². The highest BCUT2D eigenvalue weighted by Gasteiger charge is 2.18. The van der Waals surface area contributed by atoms with Gasteiger partial charge in [0.25, 0.3) is 0 Å². The maximum Gasteiger partial charge on any atom is 0.239 e. The summed E-state index contributed by atoms with van der Waals surface area (Å²) >= 11 is 0. The Bertz CT molecular complexity index is 428. The maximum atomic E-state index is 11.7. The summed E-state index contributed by atoms with van der Waals surface area (Å²) in [6.45, 7) is 3.52. The van der Waals surface area contributed by atoms with E-state index in [1.807, 2.05) is 31.2 Å². The lowest BCUT2D eigenvalue weighted by Gasteiger charge is -2.15. The summed E-state index contributed by atoms with van der Waals surface area (Å²) in [6.07, 6.45) is 0.428. The zero-order chi connectivity index (χ0) is 13.7. The number of carbonyl (C=O) groups is 2. The van der Waals surface area contributed by atoms with Gasteiger partial charge in [0.2, 0.25) is 11.8 Å². The van der Waals surface area contributed by atoms with Gasteiger partial charge in [-0.25, -0.2) is 0 Å². The summed E-state index contributed by atoms with van der Waals surface area (Å²) in [5.41, 5.74) is 13.0. The fourth-order valence-corrected chi connectivity index (χ4v) is 1.46. The van der Waals surface area contributed by atoms with Gasteiger partial charge in [0, 0.05) is 0 Å². The lowest BCUT2D eigenvalue weighted by Crippen LogP contribution is -2.49. The van der Waals surface area contributed by atoms with Crippen LogP contribution in [-0.4, -0.2) is 23.9 Å². The average Bonchev–Trinajstić information content (AvgIpc) is 2.31. The van der Waals surface area contributed by atoms with Crippen LogP contribution in [0.5, 0.6) is 0 Å². The van der Waals surface area contributed by atoms with E-state index in [0.717, 1.165) is 11.1 Å². The molecule has 0 saturated carbocycles. The molecule has 5 heteroatoms. The molecule has 18 heavy (non-hydrogen) atoms. The van der Waals surface area contributed by atoms with Gasteiger partial charge in [-0.1, -0.05) is 29.8 Å². The van der Waals surface area contributed by atoms with E-state index in [9.17, 15) is 9.59 Å². The Morgan fingerprint density at radius 2 is 1.83 bits per heavy atom. The van der Waals surface area contributed by atoms with Gasteiger partial charge >= 0.3 is 0 Å². The Morgan fingerprint density at radius 3 is 2.33 bits per heavy atom. The molecule has 1 aromatic rings. The quantitative estimate of drug-likeness (QED) is 0.677. The minimum Gasteiger partial charge on any atom is -0.368 e. The van der Waals surface area contributed by atoms with E-state index >= 15 is 0 Å². The van der Waals surface area contributed by atoms with Crippen LogP contribution in [-0.2, 0) is 16.0 Å². The standard InChI is InChI=1S/C13H19N3O2/c1-8-3-5-10(6-4-8)7-11(14)13(18)16-9(2)12(15)17/h3-6,9,11H,7,14H2,1-2H3,(H2,15,17)(H,16,18)/t9-,11+/m0/s1. The Balaban J connectivity index is 2.54. The molecule has 2 atom stereocenters. The second-order valence-electron chi connectivity index (χ2n) is 4.43. The first kappa shape index (κ1) is 14.2. The Hall–Kier alpha value is -1.88. The van der Waals surface area contributed by atoms with Crippen LogP contribution < -0.4 is 16.8 Å². The van der Waals surface area contributed by atoms with Gasteiger partial charge in [-0.05, 0) is 25.8 Å². The van der Waals surface area contributed by atoms with Crippen LogP contribution in [0.4, 0.5) is 0 Å². The minimum absolute atomic E-state index is 0.373. The van der Waals surface area contributed by atoms with Gasteiger partial charge in [0.1, 0.15) is 6.04 Å². The molecule has 0 saturated heterocycles. The van der Waals surface area contributed by atoms with Crippen molar-refractivity contribution in [2.24, 2.45) is 11.5 Å². The van der Waals surface area contributed by atoms with Crippen molar-refractivity contribution < 1.29 is 9.59 Å². The molecule has 0 aliphatic carbocycles. The van der Waals surface area contributed by atoms with Gasteiger partial charge in [-0.15, -0.1) is 0 Å². The molecule has 0 unspecified atom stereocenters. The first-order chi connectivity index (χ1) is 8.40. The number of hydrogen-bond donors (Lipinski definition) is 3.